The van der Waals surface area contributed by atoms with Gasteiger partial charge >= 0.3 is 6.03 Å². The standard InChI is InChI=1S/C32H53Cl2N5O3Si2/c1-21(2)36-29-35-18-23-15-16-39(19-26(23)37-29)30(40)38-28(22-13-14-24(33)25(34)17-22)27(42-44(11,12)32(6,7)8)20-41-43(9,10)31(3,4)5/h13-14,17-18,21,27-28H,15-16,19-20H2,1-12H3,(H,38,40)(H,35,36,37)/t27-,28+/m1/s1. The summed E-state index contributed by atoms with van der Waals surface area (Å²) < 4.78 is 13.9. The lowest BCUT2D eigenvalue weighted by atomic mass is 10.0. The van der Waals surface area contributed by atoms with Gasteiger partial charge in [-0.2, -0.15) is 0 Å². The average Bonchev–Trinajstić information content (AvgIpc) is 2.89. The summed E-state index contributed by atoms with van der Waals surface area (Å²) >= 11 is 12.9. The minimum atomic E-state index is -2.30. The van der Waals surface area contributed by atoms with Gasteiger partial charge in [-0.1, -0.05) is 70.8 Å². The van der Waals surface area contributed by atoms with Crippen LogP contribution < -0.4 is 10.6 Å². The molecule has 12 heteroatoms. The number of hydrogen-bond acceptors (Lipinski definition) is 6. The van der Waals surface area contributed by atoms with E-state index >= 15 is 0 Å². The van der Waals surface area contributed by atoms with Gasteiger partial charge in [-0.25, -0.2) is 14.8 Å². The Hall–Kier alpha value is -1.70. The van der Waals surface area contributed by atoms with E-state index in [0.29, 0.717) is 42.1 Å². The molecule has 0 saturated carbocycles. The molecule has 2 aromatic rings. The van der Waals surface area contributed by atoms with Gasteiger partial charge in [0, 0.05) is 18.8 Å². The Morgan fingerprint density at radius 2 is 1.66 bits per heavy atom. The van der Waals surface area contributed by atoms with E-state index in [1.165, 1.54) is 0 Å². The summed E-state index contributed by atoms with van der Waals surface area (Å²) in [5.41, 5.74) is 2.73. The van der Waals surface area contributed by atoms with Gasteiger partial charge in [0.15, 0.2) is 16.6 Å². The smallest absolute Gasteiger partial charge is 0.318 e. The fourth-order valence-corrected chi connectivity index (χ4v) is 7.02. The molecule has 0 fully saturated rings. The highest BCUT2D eigenvalue weighted by molar-refractivity contribution is 6.74. The molecule has 1 aromatic heterocycles. The second kappa shape index (κ2) is 14.0. The van der Waals surface area contributed by atoms with Crippen LogP contribution in [0.3, 0.4) is 0 Å². The largest absolute Gasteiger partial charge is 0.414 e. The molecule has 0 saturated heterocycles. The molecule has 1 aliphatic rings. The lowest BCUT2D eigenvalue weighted by molar-refractivity contribution is 0.0746. The minimum absolute atomic E-state index is 0.0170. The Kier molecular flexibility index (Phi) is 11.7. The first-order valence-electron chi connectivity index (χ1n) is 15.5. The van der Waals surface area contributed by atoms with Crippen molar-refractivity contribution in [3.05, 3.63) is 51.3 Å². The zero-order valence-electron chi connectivity index (χ0n) is 28.7. The van der Waals surface area contributed by atoms with Crippen LogP contribution in [0.25, 0.3) is 0 Å². The number of nitrogens with one attached hydrogen (secondary N) is 2. The Labute approximate surface area is 277 Å². The van der Waals surface area contributed by atoms with Gasteiger partial charge in [-0.15, -0.1) is 0 Å². The van der Waals surface area contributed by atoms with Crippen LogP contribution in [0.2, 0.25) is 46.3 Å². The van der Waals surface area contributed by atoms with Crippen molar-refractivity contribution in [3.63, 3.8) is 0 Å². The molecule has 2 heterocycles. The van der Waals surface area contributed by atoms with Crippen molar-refractivity contribution in [2.24, 2.45) is 0 Å². The number of urea groups is 1. The monoisotopic (exact) mass is 681 g/mol. The average molecular weight is 683 g/mol. The van der Waals surface area contributed by atoms with Gasteiger partial charge in [0.05, 0.1) is 41.0 Å². The number of hydrogen-bond donors (Lipinski definition) is 2. The van der Waals surface area contributed by atoms with Crippen molar-refractivity contribution < 1.29 is 13.6 Å². The number of fused-ring (bicyclic) bond motifs is 1. The molecule has 2 amide bonds. The molecule has 0 unspecified atom stereocenters. The third-order valence-electron chi connectivity index (χ3n) is 9.27. The Morgan fingerprint density at radius 3 is 2.23 bits per heavy atom. The highest BCUT2D eigenvalue weighted by Gasteiger charge is 2.44. The van der Waals surface area contributed by atoms with Gasteiger partial charge in [-0.3, -0.25) is 0 Å². The first-order valence-corrected chi connectivity index (χ1v) is 22.1. The summed E-state index contributed by atoms with van der Waals surface area (Å²) in [6.45, 7) is 27.6. The van der Waals surface area contributed by atoms with E-state index in [0.717, 1.165) is 16.8 Å². The number of carbonyl (C=O) groups is 1. The number of nitrogens with zero attached hydrogens (tertiary/aromatic N) is 3. The van der Waals surface area contributed by atoms with Gasteiger partial charge in [-0.05, 0) is 79.8 Å². The SMILES string of the molecule is CC(C)Nc1ncc2c(n1)CN(C(=O)N[C@@H](c1ccc(Cl)c(Cl)c1)[C@@H](CO[Si](C)(C)C(C)(C)C)O[Si](C)(C)C(C)(C)C)CC2. The van der Waals surface area contributed by atoms with Crippen LogP contribution in [0, 0.1) is 0 Å². The molecular formula is C32H53Cl2N5O3Si2. The maximum atomic E-state index is 14.1. The molecule has 2 atom stereocenters. The Bertz CT molecular complexity index is 1310. The molecule has 0 radical (unpaired) electrons. The number of rotatable bonds is 10. The van der Waals surface area contributed by atoms with E-state index in [4.69, 9.17) is 37.0 Å². The molecule has 1 aliphatic heterocycles. The van der Waals surface area contributed by atoms with E-state index in [9.17, 15) is 4.79 Å². The van der Waals surface area contributed by atoms with Crippen LogP contribution in [-0.2, 0) is 21.8 Å². The molecule has 2 N–H and O–H groups in total. The number of halogens is 2. The summed E-state index contributed by atoms with van der Waals surface area (Å²) in [7, 11) is -4.44. The molecule has 0 spiro atoms. The molecule has 0 bridgehead atoms. The number of carbonyl (C=O) groups excluding carboxylic acids is 1. The maximum Gasteiger partial charge on any atom is 0.318 e. The topological polar surface area (TPSA) is 88.6 Å². The zero-order valence-corrected chi connectivity index (χ0v) is 32.2. The second-order valence-corrected chi connectivity index (χ2v) is 25.6. The van der Waals surface area contributed by atoms with Crippen LogP contribution in [0.15, 0.2) is 24.4 Å². The van der Waals surface area contributed by atoms with E-state index in [2.05, 4.69) is 83.3 Å². The van der Waals surface area contributed by atoms with Crippen LogP contribution in [-0.4, -0.2) is 62.8 Å². The van der Waals surface area contributed by atoms with Crippen LogP contribution >= 0.6 is 23.2 Å². The third kappa shape index (κ3) is 9.19. The molecule has 246 valence electrons. The Balaban J connectivity index is 1.99. The van der Waals surface area contributed by atoms with Crippen molar-refractivity contribution in [3.8, 4) is 0 Å². The van der Waals surface area contributed by atoms with Crippen molar-refractivity contribution in [2.45, 2.75) is 123 Å². The number of benzene rings is 1. The van der Waals surface area contributed by atoms with Crippen LogP contribution in [0.4, 0.5) is 10.7 Å². The molecular weight excluding hydrogens is 629 g/mol. The van der Waals surface area contributed by atoms with E-state index in [1.54, 1.807) is 11.0 Å². The molecule has 3 rings (SSSR count). The van der Waals surface area contributed by atoms with Crippen molar-refractivity contribution in [1.82, 2.24) is 20.2 Å². The summed E-state index contributed by atoms with van der Waals surface area (Å²) in [6.07, 6.45) is 2.09. The number of amides is 2. The van der Waals surface area contributed by atoms with E-state index in [1.807, 2.05) is 32.2 Å². The molecule has 44 heavy (non-hydrogen) atoms. The predicted octanol–water partition coefficient (Wildman–Crippen LogP) is 8.82. The lowest BCUT2D eigenvalue weighted by Crippen LogP contribution is -2.53. The zero-order chi connectivity index (χ0) is 33.3. The van der Waals surface area contributed by atoms with Crippen molar-refractivity contribution in [1.29, 1.82) is 0 Å². The van der Waals surface area contributed by atoms with Crippen LogP contribution in [0.1, 0.15) is 78.3 Å². The number of anilines is 1. The van der Waals surface area contributed by atoms with E-state index < -0.39 is 28.8 Å². The van der Waals surface area contributed by atoms with Gasteiger partial charge in [0.1, 0.15) is 0 Å². The molecule has 0 aliphatic carbocycles. The molecule has 8 nitrogen and oxygen atoms in total. The van der Waals surface area contributed by atoms with Crippen LogP contribution in [0.5, 0.6) is 0 Å². The lowest BCUT2D eigenvalue weighted by Gasteiger charge is -2.44. The first-order chi connectivity index (χ1) is 20.1. The normalized spacial score (nSPS) is 16.0. The highest BCUT2D eigenvalue weighted by Crippen LogP contribution is 2.41. The summed E-state index contributed by atoms with van der Waals surface area (Å²) in [5.74, 6) is 0.570. The highest BCUT2D eigenvalue weighted by atomic mass is 35.5. The number of aromatic nitrogens is 2. The summed E-state index contributed by atoms with van der Waals surface area (Å²) in [6, 6.07) is 4.99. The van der Waals surface area contributed by atoms with Crippen molar-refractivity contribution >= 4 is 51.8 Å². The van der Waals surface area contributed by atoms with E-state index in [-0.39, 0.29) is 22.1 Å². The summed E-state index contributed by atoms with van der Waals surface area (Å²) in [5, 5.41) is 7.44. The second-order valence-electron chi connectivity index (χ2n) is 15.2. The fraction of sp³-hybridized carbons (Fsp3) is 0.656. The quantitative estimate of drug-likeness (QED) is 0.244. The van der Waals surface area contributed by atoms with Gasteiger partial charge < -0.3 is 24.4 Å². The van der Waals surface area contributed by atoms with Gasteiger partial charge in [0.25, 0.3) is 0 Å². The van der Waals surface area contributed by atoms with Gasteiger partial charge in [0.2, 0.25) is 5.95 Å². The summed E-state index contributed by atoms with van der Waals surface area (Å²) in [4.78, 5) is 25.0. The first kappa shape index (κ1) is 36.8. The maximum absolute atomic E-state index is 14.1. The predicted molar refractivity (Wildman–Crippen MR) is 188 cm³/mol. The third-order valence-corrected chi connectivity index (χ3v) is 19.0. The van der Waals surface area contributed by atoms with Crippen molar-refractivity contribution in [2.75, 3.05) is 18.5 Å². The fourth-order valence-electron chi connectivity index (χ4n) is 4.39. The Morgan fingerprint density at radius 1 is 1.02 bits per heavy atom. The minimum Gasteiger partial charge on any atom is -0.414 e. The molecule has 1 aromatic carbocycles.